The van der Waals surface area contributed by atoms with E-state index >= 15 is 0 Å². The number of terminal acetylenes is 1. The molecule has 1 unspecified atom stereocenters. The van der Waals surface area contributed by atoms with Crippen molar-refractivity contribution in [2.24, 2.45) is 5.16 Å². The molecule has 0 radical (unpaired) electrons. The van der Waals surface area contributed by atoms with Gasteiger partial charge in [0.15, 0.2) is 6.10 Å². The number of likely N-dealkylation sites (tertiary alicyclic amines) is 1. The van der Waals surface area contributed by atoms with Crippen LogP contribution in [0.3, 0.4) is 0 Å². The van der Waals surface area contributed by atoms with Gasteiger partial charge in [0.05, 0.1) is 21.3 Å². The summed E-state index contributed by atoms with van der Waals surface area (Å²) >= 11 is 8.09. The average Bonchev–Trinajstić information content (AvgIpc) is 3.65. The summed E-state index contributed by atoms with van der Waals surface area (Å²) in [5, 5.41) is 12.1. The van der Waals surface area contributed by atoms with Gasteiger partial charge in [-0.1, -0.05) is 28.7 Å². The van der Waals surface area contributed by atoms with Gasteiger partial charge in [0.25, 0.3) is 0 Å². The van der Waals surface area contributed by atoms with E-state index in [1.165, 1.54) is 0 Å². The van der Waals surface area contributed by atoms with Gasteiger partial charge >= 0.3 is 0 Å². The molecule has 5 rings (SSSR count). The van der Waals surface area contributed by atoms with E-state index in [0.717, 1.165) is 47.9 Å². The summed E-state index contributed by atoms with van der Waals surface area (Å²) in [6.07, 6.45) is 10.8. The number of thiazole rings is 1. The van der Waals surface area contributed by atoms with Crippen LogP contribution in [0.1, 0.15) is 47.5 Å². The number of hydrogen-bond donors (Lipinski definition) is 0. The monoisotopic (exact) mass is 509 g/mol. The number of halogens is 1. The fourth-order valence-corrected chi connectivity index (χ4v) is 5.66. The van der Waals surface area contributed by atoms with Gasteiger partial charge in [0.2, 0.25) is 5.91 Å². The molecule has 1 amide bonds. The topological polar surface area (TPSA) is 81.8 Å². The zero-order valence-electron chi connectivity index (χ0n) is 19.0. The molecule has 180 valence electrons. The molecule has 35 heavy (non-hydrogen) atoms. The number of aromatic nitrogens is 3. The van der Waals surface area contributed by atoms with Crippen molar-refractivity contribution < 1.29 is 14.4 Å². The molecule has 2 aliphatic heterocycles. The van der Waals surface area contributed by atoms with E-state index in [4.69, 9.17) is 32.6 Å². The van der Waals surface area contributed by atoms with E-state index in [2.05, 4.69) is 16.2 Å². The molecule has 8 nitrogen and oxygen atoms in total. The molecule has 4 heterocycles. The zero-order chi connectivity index (χ0) is 24.2. The molecule has 1 aromatic carbocycles. The van der Waals surface area contributed by atoms with Crippen LogP contribution < -0.4 is 4.74 Å². The maximum atomic E-state index is 12.5. The number of ether oxygens (including phenoxy) is 1. The minimum absolute atomic E-state index is 0.0978. The van der Waals surface area contributed by atoms with E-state index in [9.17, 15) is 4.79 Å². The number of benzene rings is 1. The van der Waals surface area contributed by atoms with Gasteiger partial charge < -0.3 is 14.5 Å². The van der Waals surface area contributed by atoms with Gasteiger partial charge in [-0.3, -0.25) is 9.48 Å². The molecule has 0 bridgehead atoms. The fourth-order valence-electron chi connectivity index (χ4n) is 4.37. The first-order chi connectivity index (χ1) is 17.1. The highest BCUT2D eigenvalue weighted by atomic mass is 35.5. The predicted octanol–water partition coefficient (Wildman–Crippen LogP) is 4.28. The van der Waals surface area contributed by atoms with Crippen molar-refractivity contribution in [3.05, 3.63) is 63.3 Å². The largest absolute Gasteiger partial charge is 0.480 e. The molecule has 1 fully saturated rings. The quantitative estimate of drug-likeness (QED) is 0.444. The van der Waals surface area contributed by atoms with Crippen LogP contribution >= 0.6 is 22.9 Å². The van der Waals surface area contributed by atoms with Crippen molar-refractivity contribution in [2.45, 2.75) is 37.8 Å². The normalized spacial score (nSPS) is 18.1. The summed E-state index contributed by atoms with van der Waals surface area (Å²) in [5.41, 5.74) is 2.35. The van der Waals surface area contributed by atoms with Crippen molar-refractivity contribution in [1.29, 1.82) is 0 Å². The van der Waals surface area contributed by atoms with E-state index in [-0.39, 0.29) is 25.2 Å². The molecule has 1 saturated heterocycles. The summed E-state index contributed by atoms with van der Waals surface area (Å²) in [6.45, 7) is 1.87. The Balaban J connectivity index is 1.19. The lowest BCUT2D eigenvalue weighted by molar-refractivity contribution is -0.133. The lowest BCUT2D eigenvalue weighted by Crippen LogP contribution is -2.39. The number of amides is 1. The van der Waals surface area contributed by atoms with Crippen LogP contribution in [0.4, 0.5) is 0 Å². The number of rotatable bonds is 7. The van der Waals surface area contributed by atoms with Gasteiger partial charge in [0.1, 0.15) is 24.6 Å². The number of nitrogens with zero attached hydrogens (tertiary/aromatic N) is 5. The van der Waals surface area contributed by atoms with Crippen molar-refractivity contribution in [2.75, 3.05) is 19.7 Å². The number of hydrogen-bond acceptors (Lipinski definition) is 7. The first-order valence-electron chi connectivity index (χ1n) is 11.4. The number of oxime groups is 1. The third kappa shape index (κ3) is 5.19. The van der Waals surface area contributed by atoms with E-state index in [1.807, 2.05) is 28.5 Å². The molecule has 0 aliphatic carbocycles. The van der Waals surface area contributed by atoms with Crippen LogP contribution in [0.15, 0.2) is 47.2 Å². The third-order valence-corrected chi connectivity index (χ3v) is 7.52. The molecule has 0 saturated carbocycles. The molecule has 0 spiro atoms. The Kier molecular flexibility index (Phi) is 7.02. The second-order valence-corrected chi connectivity index (χ2v) is 9.71. The van der Waals surface area contributed by atoms with Gasteiger partial charge in [0, 0.05) is 43.2 Å². The van der Waals surface area contributed by atoms with Crippen molar-refractivity contribution in [1.82, 2.24) is 19.7 Å². The molecule has 3 aromatic rings. The second kappa shape index (κ2) is 10.5. The molecule has 2 aromatic heterocycles. The van der Waals surface area contributed by atoms with Crippen LogP contribution in [0, 0.1) is 12.3 Å². The summed E-state index contributed by atoms with van der Waals surface area (Å²) in [6, 6.07) is 7.26. The van der Waals surface area contributed by atoms with E-state index < -0.39 is 0 Å². The van der Waals surface area contributed by atoms with Crippen LogP contribution in [0.2, 0.25) is 5.02 Å². The lowest BCUT2D eigenvalue weighted by Gasteiger charge is -2.31. The second-order valence-electron chi connectivity index (χ2n) is 8.41. The summed E-state index contributed by atoms with van der Waals surface area (Å²) in [7, 11) is 0. The standard InChI is InChI=1S/C25H24ClN5O3S/c1-2-13-33-21-6-3-5-18(26)24(21)22-14-19(29-34-22)20-16-35-25(28-20)17-7-11-30(12-8-17)23(32)15-31-10-4-9-27-31/h1,3-6,9-10,16-17,22H,7-8,11-15H2. The maximum absolute atomic E-state index is 12.5. The highest BCUT2D eigenvalue weighted by Crippen LogP contribution is 2.40. The minimum Gasteiger partial charge on any atom is -0.480 e. The van der Waals surface area contributed by atoms with Crippen molar-refractivity contribution in [3.63, 3.8) is 0 Å². The average molecular weight is 510 g/mol. The van der Waals surface area contributed by atoms with Gasteiger partial charge in [-0.25, -0.2) is 4.98 Å². The SMILES string of the molecule is C#CCOc1cccc(Cl)c1C1CC(c2csc(C3CCN(C(=O)Cn4cccn4)CC3)n2)=NO1. The smallest absolute Gasteiger partial charge is 0.244 e. The Morgan fingerprint density at radius 2 is 2.17 bits per heavy atom. The summed E-state index contributed by atoms with van der Waals surface area (Å²) in [4.78, 5) is 25.0. The summed E-state index contributed by atoms with van der Waals surface area (Å²) < 4.78 is 7.32. The van der Waals surface area contributed by atoms with Gasteiger partial charge in [-0.15, -0.1) is 17.8 Å². The highest BCUT2D eigenvalue weighted by molar-refractivity contribution is 7.10. The number of piperidine rings is 1. The van der Waals surface area contributed by atoms with Crippen molar-refractivity contribution in [3.8, 4) is 18.1 Å². The molecule has 0 N–H and O–H groups in total. The van der Waals surface area contributed by atoms with Crippen LogP contribution in [0.5, 0.6) is 5.75 Å². The Morgan fingerprint density at radius 1 is 1.31 bits per heavy atom. The Labute approximate surface area is 212 Å². The van der Waals surface area contributed by atoms with Crippen molar-refractivity contribution >= 4 is 34.6 Å². The predicted molar refractivity (Wildman–Crippen MR) is 134 cm³/mol. The van der Waals surface area contributed by atoms with Crippen LogP contribution in [-0.4, -0.2) is 51.0 Å². The molecule has 2 aliphatic rings. The first kappa shape index (κ1) is 23.4. The first-order valence-corrected chi connectivity index (χ1v) is 12.7. The van der Waals surface area contributed by atoms with Gasteiger partial charge in [-0.05, 0) is 31.0 Å². The molecular weight excluding hydrogens is 486 g/mol. The molecule has 10 heteroatoms. The summed E-state index contributed by atoms with van der Waals surface area (Å²) in [5.74, 6) is 3.50. The fraction of sp³-hybridized carbons (Fsp3) is 0.360. The van der Waals surface area contributed by atoms with Crippen LogP contribution in [-0.2, 0) is 16.2 Å². The highest BCUT2D eigenvalue weighted by Gasteiger charge is 2.31. The minimum atomic E-state index is -0.360. The van der Waals surface area contributed by atoms with E-state index in [1.54, 1.807) is 34.5 Å². The zero-order valence-corrected chi connectivity index (χ0v) is 20.5. The third-order valence-electron chi connectivity index (χ3n) is 6.19. The maximum Gasteiger partial charge on any atom is 0.244 e. The lowest BCUT2D eigenvalue weighted by atomic mass is 9.97. The Bertz CT molecular complexity index is 1260. The molecule has 1 atom stereocenters. The molecular formula is C25H24ClN5O3S. The Morgan fingerprint density at radius 3 is 2.94 bits per heavy atom. The number of carbonyl (C=O) groups is 1. The number of carbonyl (C=O) groups excluding carboxylic acids is 1. The van der Waals surface area contributed by atoms with E-state index in [0.29, 0.717) is 23.1 Å². The van der Waals surface area contributed by atoms with Crippen LogP contribution in [0.25, 0.3) is 0 Å². The Hall–Kier alpha value is -3.35. The van der Waals surface area contributed by atoms with Gasteiger partial charge in [-0.2, -0.15) is 5.10 Å².